The van der Waals surface area contributed by atoms with E-state index in [1.807, 2.05) is 19.9 Å². The summed E-state index contributed by atoms with van der Waals surface area (Å²) < 4.78 is 5.51. The monoisotopic (exact) mass is 448 g/mol. The van der Waals surface area contributed by atoms with Gasteiger partial charge in [-0.25, -0.2) is 0 Å². The maximum Gasteiger partial charge on any atom is 0.300 e. The SMILES string of the molecule is COc1c(C)cc(C)cc1/C(O)=C1\C(=O)C(=O)N(c2ccc(Cl)cc2)C1c1ccncc1. The van der Waals surface area contributed by atoms with Crippen molar-refractivity contribution in [3.8, 4) is 5.75 Å². The topological polar surface area (TPSA) is 79.7 Å². The number of nitrogens with zero attached hydrogens (tertiary/aromatic N) is 2. The summed E-state index contributed by atoms with van der Waals surface area (Å²) in [6.45, 7) is 3.74. The predicted molar refractivity (Wildman–Crippen MR) is 123 cm³/mol. The van der Waals surface area contributed by atoms with Crippen LogP contribution < -0.4 is 9.64 Å². The molecule has 4 rings (SSSR count). The van der Waals surface area contributed by atoms with Gasteiger partial charge in [0.1, 0.15) is 11.5 Å². The van der Waals surface area contributed by atoms with Gasteiger partial charge >= 0.3 is 0 Å². The number of hydrogen-bond acceptors (Lipinski definition) is 5. The molecule has 0 radical (unpaired) electrons. The number of Topliss-reactive ketones (excluding diaryl/α,β-unsaturated/α-hetero) is 1. The Balaban J connectivity index is 1.99. The minimum atomic E-state index is -0.843. The van der Waals surface area contributed by atoms with E-state index in [1.54, 1.807) is 54.9 Å². The average molecular weight is 449 g/mol. The second kappa shape index (κ2) is 8.48. The number of carbonyl (C=O) groups is 2. The first-order valence-electron chi connectivity index (χ1n) is 9.95. The van der Waals surface area contributed by atoms with Crippen LogP contribution in [0.4, 0.5) is 5.69 Å². The van der Waals surface area contributed by atoms with Crippen molar-refractivity contribution in [2.45, 2.75) is 19.9 Å². The highest BCUT2D eigenvalue weighted by atomic mass is 35.5. The summed E-state index contributed by atoms with van der Waals surface area (Å²) in [4.78, 5) is 31.8. The summed E-state index contributed by atoms with van der Waals surface area (Å²) in [7, 11) is 1.50. The van der Waals surface area contributed by atoms with Crippen molar-refractivity contribution in [1.82, 2.24) is 4.98 Å². The number of aliphatic hydroxyl groups excluding tert-OH is 1. The number of benzene rings is 2. The van der Waals surface area contributed by atoms with Crippen LogP contribution in [0.15, 0.2) is 66.5 Å². The Morgan fingerprint density at radius 2 is 1.72 bits per heavy atom. The van der Waals surface area contributed by atoms with Crippen LogP contribution in [0.2, 0.25) is 5.02 Å². The fourth-order valence-electron chi connectivity index (χ4n) is 4.11. The van der Waals surface area contributed by atoms with Crippen LogP contribution >= 0.6 is 11.6 Å². The van der Waals surface area contributed by atoms with E-state index in [2.05, 4.69) is 4.98 Å². The van der Waals surface area contributed by atoms with Gasteiger partial charge in [0.25, 0.3) is 11.7 Å². The number of ketones is 1. The molecule has 1 fully saturated rings. The van der Waals surface area contributed by atoms with E-state index in [9.17, 15) is 14.7 Å². The van der Waals surface area contributed by atoms with Crippen LogP contribution in [0.3, 0.4) is 0 Å². The molecule has 1 amide bonds. The third-order valence-electron chi connectivity index (χ3n) is 5.45. The molecule has 0 spiro atoms. The Labute approximate surface area is 190 Å². The van der Waals surface area contributed by atoms with Gasteiger partial charge < -0.3 is 9.84 Å². The van der Waals surface area contributed by atoms with Crippen molar-refractivity contribution in [3.05, 3.63) is 93.8 Å². The van der Waals surface area contributed by atoms with Gasteiger partial charge in [-0.3, -0.25) is 19.5 Å². The predicted octanol–water partition coefficient (Wildman–Crippen LogP) is 4.99. The molecule has 1 unspecified atom stereocenters. The fourth-order valence-corrected chi connectivity index (χ4v) is 4.23. The summed E-state index contributed by atoms with van der Waals surface area (Å²) in [5.74, 6) is -1.36. The molecule has 2 heterocycles. The third kappa shape index (κ3) is 3.63. The van der Waals surface area contributed by atoms with Gasteiger partial charge in [-0.2, -0.15) is 0 Å². The van der Waals surface area contributed by atoms with Crippen molar-refractivity contribution >= 4 is 34.7 Å². The molecule has 1 aliphatic heterocycles. The minimum absolute atomic E-state index is 0.0144. The Morgan fingerprint density at radius 1 is 1.06 bits per heavy atom. The van der Waals surface area contributed by atoms with Crippen molar-refractivity contribution in [3.63, 3.8) is 0 Å². The van der Waals surface area contributed by atoms with Crippen LogP contribution in [0, 0.1) is 13.8 Å². The van der Waals surface area contributed by atoms with Crippen LogP contribution in [0.1, 0.15) is 28.3 Å². The maximum absolute atomic E-state index is 13.2. The third-order valence-corrected chi connectivity index (χ3v) is 5.70. The highest BCUT2D eigenvalue weighted by molar-refractivity contribution is 6.51. The van der Waals surface area contributed by atoms with Crippen molar-refractivity contribution < 1.29 is 19.4 Å². The molecule has 1 aromatic heterocycles. The Bertz CT molecular complexity index is 1240. The van der Waals surface area contributed by atoms with E-state index in [-0.39, 0.29) is 11.3 Å². The first-order valence-corrected chi connectivity index (χ1v) is 10.3. The number of ether oxygens (including phenoxy) is 1. The van der Waals surface area contributed by atoms with Gasteiger partial charge in [-0.05, 0) is 73.0 Å². The van der Waals surface area contributed by atoms with E-state index in [0.717, 1.165) is 11.1 Å². The Hall–Kier alpha value is -3.64. The van der Waals surface area contributed by atoms with Crippen molar-refractivity contribution in [2.24, 2.45) is 0 Å². The van der Waals surface area contributed by atoms with Crippen molar-refractivity contribution in [1.29, 1.82) is 0 Å². The van der Waals surface area contributed by atoms with Gasteiger partial charge in [0.2, 0.25) is 0 Å². The van der Waals surface area contributed by atoms with E-state index < -0.39 is 17.7 Å². The van der Waals surface area contributed by atoms with E-state index in [4.69, 9.17) is 16.3 Å². The summed E-state index contributed by atoms with van der Waals surface area (Å²) >= 11 is 6.02. The van der Waals surface area contributed by atoms with E-state index in [0.29, 0.717) is 27.6 Å². The lowest BCUT2D eigenvalue weighted by atomic mass is 9.94. The lowest BCUT2D eigenvalue weighted by molar-refractivity contribution is -0.132. The average Bonchev–Trinajstić information content (AvgIpc) is 3.04. The second-order valence-corrected chi connectivity index (χ2v) is 8.03. The number of halogens is 1. The fraction of sp³-hybridized carbons (Fsp3) is 0.160. The van der Waals surface area contributed by atoms with Crippen LogP contribution in [-0.2, 0) is 9.59 Å². The Kier molecular flexibility index (Phi) is 5.72. The number of aromatic nitrogens is 1. The highest BCUT2D eigenvalue weighted by Gasteiger charge is 2.47. The molecule has 1 aliphatic rings. The standard InChI is InChI=1S/C25H21ClN2O4/c1-14-12-15(2)24(32-3)19(13-14)22(29)20-21(16-8-10-27-11-9-16)28(25(31)23(20)30)18-6-4-17(26)5-7-18/h4-13,21,29H,1-3H3/b22-20+. The number of anilines is 1. The molecule has 0 saturated carbocycles. The zero-order chi connectivity index (χ0) is 23.0. The number of amides is 1. The summed E-state index contributed by atoms with van der Waals surface area (Å²) in [6, 6.07) is 12.9. The van der Waals surface area contributed by atoms with Gasteiger partial charge in [-0.15, -0.1) is 0 Å². The van der Waals surface area contributed by atoms with Crippen LogP contribution in [0.25, 0.3) is 5.76 Å². The second-order valence-electron chi connectivity index (χ2n) is 7.59. The molecule has 0 bridgehead atoms. The zero-order valence-electron chi connectivity index (χ0n) is 17.8. The normalized spacial score (nSPS) is 17.6. The number of aliphatic hydroxyl groups is 1. The summed E-state index contributed by atoms with van der Waals surface area (Å²) in [5, 5.41) is 11.9. The number of hydrogen-bond donors (Lipinski definition) is 1. The smallest absolute Gasteiger partial charge is 0.300 e. The highest BCUT2D eigenvalue weighted by Crippen LogP contribution is 2.43. The molecule has 1 atom stereocenters. The molecule has 7 heteroatoms. The number of methoxy groups -OCH3 is 1. The zero-order valence-corrected chi connectivity index (χ0v) is 18.6. The molecule has 6 nitrogen and oxygen atoms in total. The number of pyridine rings is 1. The molecular formula is C25H21ClN2O4. The van der Waals surface area contributed by atoms with Crippen LogP contribution in [0.5, 0.6) is 5.75 Å². The number of carbonyl (C=O) groups excluding carboxylic acids is 2. The number of aryl methyl sites for hydroxylation is 2. The first-order chi connectivity index (χ1) is 15.3. The summed E-state index contributed by atoms with van der Waals surface area (Å²) in [5.41, 5.74) is 3.17. The number of rotatable bonds is 4. The van der Waals surface area contributed by atoms with Gasteiger partial charge in [-0.1, -0.05) is 17.7 Å². The van der Waals surface area contributed by atoms with Gasteiger partial charge in [0.15, 0.2) is 0 Å². The van der Waals surface area contributed by atoms with Gasteiger partial charge in [0, 0.05) is 23.1 Å². The lowest BCUT2D eigenvalue weighted by Crippen LogP contribution is -2.29. The molecule has 2 aromatic carbocycles. The molecule has 3 aromatic rings. The summed E-state index contributed by atoms with van der Waals surface area (Å²) in [6.07, 6.45) is 3.16. The van der Waals surface area contributed by atoms with E-state index >= 15 is 0 Å². The van der Waals surface area contributed by atoms with Crippen LogP contribution in [-0.4, -0.2) is 28.9 Å². The maximum atomic E-state index is 13.2. The van der Waals surface area contributed by atoms with E-state index in [1.165, 1.54) is 12.0 Å². The van der Waals surface area contributed by atoms with Gasteiger partial charge in [0.05, 0.1) is 24.3 Å². The molecule has 0 aliphatic carbocycles. The molecule has 162 valence electrons. The first kappa shape index (κ1) is 21.6. The largest absolute Gasteiger partial charge is 0.507 e. The molecule has 1 saturated heterocycles. The molecule has 1 N–H and O–H groups in total. The minimum Gasteiger partial charge on any atom is -0.507 e. The lowest BCUT2D eigenvalue weighted by Gasteiger charge is -2.25. The quantitative estimate of drug-likeness (QED) is 0.345. The van der Waals surface area contributed by atoms with Crippen molar-refractivity contribution in [2.75, 3.05) is 12.0 Å². The molecular weight excluding hydrogens is 428 g/mol. The Morgan fingerprint density at radius 3 is 2.34 bits per heavy atom. The molecule has 32 heavy (non-hydrogen) atoms.